The van der Waals surface area contributed by atoms with Gasteiger partial charge in [0.15, 0.2) is 6.29 Å². The first-order chi connectivity index (χ1) is 13.2. The molecule has 0 saturated heterocycles. The zero-order chi connectivity index (χ0) is 19.5. The molecule has 3 nitrogen and oxygen atoms in total. The molecular formula is C24H30O3. The summed E-state index contributed by atoms with van der Waals surface area (Å²) in [5.74, 6) is 0.621. The van der Waals surface area contributed by atoms with Gasteiger partial charge in [-0.15, -0.1) is 0 Å². The molecule has 0 aliphatic rings. The molecule has 0 fully saturated rings. The molecule has 27 heavy (non-hydrogen) atoms. The highest BCUT2D eigenvalue weighted by Crippen LogP contribution is 2.28. The molecule has 0 unspecified atom stereocenters. The maximum Gasteiger partial charge on any atom is 0.154 e. The number of aryl methyl sites for hydroxylation is 2. The van der Waals surface area contributed by atoms with Crippen molar-refractivity contribution in [1.82, 2.24) is 0 Å². The summed E-state index contributed by atoms with van der Waals surface area (Å²) < 4.78 is 5.88. The number of ether oxygens (including phenoxy) is 1. The molecule has 0 atom stereocenters. The quantitative estimate of drug-likeness (QED) is 0.347. The van der Waals surface area contributed by atoms with Crippen LogP contribution in [-0.4, -0.2) is 19.2 Å². The number of carbonyl (C=O) groups is 2. The number of benzene rings is 2. The summed E-state index contributed by atoms with van der Waals surface area (Å²) in [5, 5.41) is 0. The Hall–Kier alpha value is -2.42. The maximum absolute atomic E-state index is 11.4. The van der Waals surface area contributed by atoms with E-state index in [1.54, 1.807) is 13.0 Å². The lowest BCUT2D eigenvalue weighted by atomic mass is 9.99. The fraction of sp³-hybridized carbons (Fsp3) is 0.417. The van der Waals surface area contributed by atoms with Gasteiger partial charge in [0.2, 0.25) is 0 Å². The van der Waals surface area contributed by atoms with E-state index in [-0.39, 0.29) is 0 Å². The molecule has 0 spiro atoms. The van der Waals surface area contributed by atoms with E-state index in [1.807, 2.05) is 6.92 Å². The standard InChI is InChI=1S/C24H30O3/c1-19-16-22(17-25)20(2)23(18-26)24(19)27-15-11-6-4-3-5-8-12-21-13-9-7-10-14-21/h7,9-10,13-14,16-18H,3-6,8,11-12,15H2,1-2H3. The lowest BCUT2D eigenvalue weighted by Crippen LogP contribution is -2.05. The SMILES string of the molecule is Cc1cc(C=O)c(C)c(C=O)c1OCCCCCCCCc1ccccc1. The van der Waals surface area contributed by atoms with Crippen LogP contribution in [0, 0.1) is 13.8 Å². The van der Waals surface area contributed by atoms with Crippen LogP contribution in [0.3, 0.4) is 0 Å². The minimum Gasteiger partial charge on any atom is -0.493 e. The second kappa shape index (κ2) is 11.3. The third-order valence-electron chi connectivity index (χ3n) is 5.01. The highest BCUT2D eigenvalue weighted by Gasteiger charge is 2.13. The zero-order valence-electron chi connectivity index (χ0n) is 16.5. The Balaban J connectivity index is 1.65. The van der Waals surface area contributed by atoms with E-state index in [1.165, 1.54) is 31.2 Å². The van der Waals surface area contributed by atoms with Crippen molar-refractivity contribution < 1.29 is 14.3 Å². The maximum atomic E-state index is 11.4. The molecule has 3 heteroatoms. The topological polar surface area (TPSA) is 43.4 Å². The first kappa shape index (κ1) is 20.9. The largest absolute Gasteiger partial charge is 0.493 e. The molecule has 0 radical (unpaired) electrons. The van der Waals surface area contributed by atoms with Crippen molar-refractivity contribution in [1.29, 1.82) is 0 Å². The van der Waals surface area contributed by atoms with E-state index >= 15 is 0 Å². The minimum atomic E-state index is 0.498. The average molecular weight is 367 g/mol. The number of rotatable bonds is 12. The molecule has 144 valence electrons. The summed E-state index contributed by atoms with van der Waals surface area (Å²) >= 11 is 0. The van der Waals surface area contributed by atoms with Crippen molar-refractivity contribution in [2.75, 3.05) is 6.61 Å². The van der Waals surface area contributed by atoms with Crippen LogP contribution in [0.2, 0.25) is 0 Å². The second-order valence-electron chi connectivity index (χ2n) is 7.09. The predicted molar refractivity (Wildman–Crippen MR) is 110 cm³/mol. The van der Waals surface area contributed by atoms with Crippen molar-refractivity contribution in [3.63, 3.8) is 0 Å². The minimum absolute atomic E-state index is 0.498. The van der Waals surface area contributed by atoms with Gasteiger partial charge in [-0.25, -0.2) is 0 Å². The molecule has 0 saturated carbocycles. The van der Waals surface area contributed by atoms with Gasteiger partial charge in [0.1, 0.15) is 12.0 Å². The van der Waals surface area contributed by atoms with Gasteiger partial charge in [-0.2, -0.15) is 0 Å². The predicted octanol–water partition coefficient (Wildman–Crippen LogP) is 5.89. The number of hydrogen-bond acceptors (Lipinski definition) is 3. The number of aldehydes is 2. The molecule has 2 rings (SSSR count). The van der Waals surface area contributed by atoms with Gasteiger partial charge < -0.3 is 4.74 Å². The number of carbonyl (C=O) groups excluding carboxylic acids is 2. The summed E-state index contributed by atoms with van der Waals surface area (Å²) in [6.07, 6.45) is 9.81. The molecule has 0 N–H and O–H groups in total. The Kier molecular flexibility index (Phi) is 8.76. The van der Waals surface area contributed by atoms with Gasteiger partial charge in [0.05, 0.1) is 12.2 Å². The molecule has 0 amide bonds. The average Bonchev–Trinajstić information content (AvgIpc) is 2.69. The Morgan fingerprint density at radius 3 is 2.19 bits per heavy atom. The molecule has 2 aromatic rings. The van der Waals surface area contributed by atoms with Crippen LogP contribution in [0.15, 0.2) is 36.4 Å². The van der Waals surface area contributed by atoms with E-state index in [2.05, 4.69) is 30.3 Å². The van der Waals surface area contributed by atoms with Gasteiger partial charge in [-0.3, -0.25) is 9.59 Å². The van der Waals surface area contributed by atoms with Crippen molar-refractivity contribution in [3.05, 3.63) is 64.2 Å². The molecule has 0 aliphatic carbocycles. The van der Waals surface area contributed by atoms with Crippen molar-refractivity contribution in [2.45, 2.75) is 58.8 Å². The van der Waals surface area contributed by atoms with Crippen LogP contribution in [0.1, 0.15) is 75.9 Å². The van der Waals surface area contributed by atoms with Crippen molar-refractivity contribution in [2.24, 2.45) is 0 Å². The summed E-state index contributed by atoms with van der Waals surface area (Å²) in [7, 11) is 0. The Morgan fingerprint density at radius 1 is 0.852 bits per heavy atom. The molecule has 0 aromatic heterocycles. The molecule has 0 heterocycles. The molecular weight excluding hydrogens is 336 g/mol. The molecule has 2 aromatic carbocycles. The van der Waals surface area contributed by atoms with Gasteiger partial charge in [0, 0.05) is 5.56 Å². The fourth-order valence-corrected chi connectivity index (χ4v) is 3.36. The van der Waals surface area contributed by atoms with Gasteiger partial charge in [0.25, 0.3) is 0 Å². The lowest BCUT2D eigenvalue weighted by Gasteiger charge is -2.14. The van der Waals surface area contributed by atoms with Crippen LogP contribution >= 0.6 is 0 Å². The van der Waals surface area contributed by atoms with E-state index < -0.39 is 0 Å². The summed E-state index contributed by atoms with van der Waals surface area (Å²) in [6, 6.07) is 12.4. The molecule has 0 bridgehead atoms. The van der Waals surface area contributed by atoms with Crippen LogP contribution in [0.4, 0.5) is 0 Å². The Bertz CT molecular complexity index is 735. The van der Waals surface area contributed by atoms with Crippen LogP contribution in [0.5, 0.6) is 5.75 Å². The lowest BCUT2D eigenvalue weighted by molar-refractivity contribution is 0.111. The Morgan fingerprint density at radius 2 is 1.52 bits per heavy atom. The van der Waals surface area contributed by atoms with Crippen LogP contribution < -0.4 is 4.74 Å². The first-order valence-corrected chi connectivity index (χ1v) is 9.88. The monoisotopic (exact) mass is 366 g/mol. The third-order valence-corrected chi connectivity index (χ3v) is 5.01. The van der Waals surface area contributed by atoms with Crippen molar-refractivity contribution in [3.8, 4) is 5.75 Å². The summed E-state index contributed by atoms with van der Waals surface area (Å²) in [5.41, 5.74) is 4.00. The summed E-state index contributed by atoms with van der Waals surface area (Å²) in [4.78, 5) is 22.5. The van der Waals surface area contributed by atoms with E-state index in [0.717, 1.165) is 37.4 Å². The highest BCUT2D eigenvalue weighted by atomic mass is 16.5. The number of unbranched alkanes of at least 4 members (excludes halogenated alkanes) is 5. The molecule has 0 aliphatic heterocycles. The van der Waals surface area contributed by atoms with E-state index in [4.69, 9.17) is 4.74 Å². The second-order valence-corrected chi connectivity index (χ2v) is 7.09. The number of hydrogen-bond donors (Lipinski definition) is 0. The van der Waals surface area contributed by atoms with Crippen LogP contribution in [0.25, 0.3) is 0 Å². The van der Waals surface area contributed by atoms with E-state index in [9.17, 15) is 9.59 Å². The van der Waals surface area contributed by atoms with Gasteiger partial charge in [-0.1, -0.05) is 56.0 Å². The Labute approximate surface area is 162 Å². The fourth-order valence-electron chi connectivity index (χ4n) is 3.36. The zero-order valence-corrected chi connectivity index (χ0v) is 16.5. The first-order valence-electron chi connectivity index (χ1n) is 9.88. The smallest absolute Gasteiger partial charge is 0.154 e. The van der Waals surface area contributed by atoms with Crippen LogP contribution in [-0.2, 0) is 6.42 Å². The van der Waals surface area contributed by atoms with Crippen molar-refractivity contribution >= 4 is 12.6 Å². The summed E-state index contributed by atoms with van der Waals surface area (Å²) in [6.45, 7) is 4.27. The normalized spacial score (nSPS) is 10.6. The highest BCUT2D eigenvalue weighted by molar-refractivity contribution is 5.89. The third kappa shape index (κ3) is 6.35. The van der Waals surface area contributed by atoms with Gasteiger partial charge >= 0.3 is 0 Å². The van der Waals surface area contributed by atoms with Gasteiger partial charge in [-0.05, 0) is 55.9 Å². The van der Waals surface area contributed by atoms with E-state index in [0.29, 0.717) is 29.0 Å².